The van der Waals surface area contributed by atoms with Crippen LogP contribution in [0.25, 0.3) is 0 Å². The van der Waals surface area contributed by atoms with Crippen LogP contribution in [-0.4, -0.2) is 25.2 Å². The number of carbonyl (C=O) groups is 1. The largest absolute Gasteiger partial charge is 0.398 e. The summed E-state index contributed by atoms with van der Waals surface area (Å²) in [6, 6.07) is 5.40. The first-order chi connectivity index (χ1) is 7.90. The first-order valence-corrected chi connectivity index (χ1v) is 6.49. The molecule has 1 aliphatic rings. The van der Waals surface area contributed by atoms with Crippen molar-refractivity contribution in [2.75, 3.05) is 12.3 Å². The second kappa shape index (κ2) is 4.01. The molecule has 7 heteroatoms. The Morgan fingerprint density at radius 2 is 2.18 bits per heavy atom. The number of nitrogens with one attached hydrogen (secondary N) is 1. The number of benzene rings is 1. The maximum absolute atomic E-state index is 11.5. The lowest BCUT2D eigenvalue weighted by Gasteiger charge is -2.14. The smallest absolute Gasteiger partial charge is 0.304 e. The van der Waals surface area contributed by atoms with Gasteiger partial charge in [0.2, 0.25) is 5.91 Å². The minimum atomic E-state index is -3.69. The van der Waals surface area contributed by atoms with Crippen LogP contribution >= 0.6 is 0 Å². The Hall–Kier alpha value is -1.60. The summed E-state index contributed by atoms with van der Waals surface area (Å²) >= 11 is 0. The second-order valence-corrected chi connectivity index (χ2v) is 5.62. The third-order valence-corrected chi connectivity index (χ3v) is 4.09. The number of hydrogen-bond acceptors (Lipinski definition) is 4. The molecule has 1 saturated heterocycles. The summed E-state index contributed by atoms with van der Waals surface area (Å²) in [5, 5.41) is 0. The lowest BCUT2D eigenvalue weighted by Crippen LogP contribution is -2.29. The van der Waals surface area contributed by atoms with E-state index in [1.165, 1.54) is 0 Å². The van der Waals surface area contributed by atoms with Crippen molar-refractivity contribution in [2.24, 2.45) is 0 Å². The van der Waals surface area contributed by atoms with Crippen LogP contribution < -0.4 is 10.5 Å². The van der Waals surface area contributed by atoms with Crippen molar-refractivity contribution < 1.29 is 13.2 Å². The van der Waals surface area contributed by atoms with E-state index in [1.54, 1.807) is 12.1 Å². The summed E-state index contributed by atoms with van der Waals surface area (Å²) in [4.78, 5) is 11.0. The van der Waals surface area contributed by atoms with E-state index in [1.807, 2.05) is 17.7 Å². The van der Waals surface area contributed by atoms with Crippen LogP contribution in [0, 0.1) is 6.92 Å². The molecule has 1 fully saturated rings. The molecule has 0 aliphatic carbocycles. The summed E-state index contributed by atoms with van der Waals surface area (Å²) in [7, 11) is -3.69. The molecule has 92 valence electrons. The van der Waals surface area contributed by atoms with Gasteiger partial charge < -0.3 is 5.73 Å². The van der Waals surface area contributed by atoms with E-state index in [0.29, 0.717) is 11.3 Å². The van der Waals surface area contributed by atoms with Gasteiger partial charge in [-0.2, -0.15) is 12.7 Å². The van der Waals surface area contributed by atoms with Crippen molar-refractivity contribution >= 4 is 21.8 Å². The molecule has 1 amide bonds. The van der Waals surface area contributed by atoms with E-state index < -0.39 is 16.1 Å². The van der Waals surface area contributed by atoms with Crippen molar-refractivity contribution in [3.63, 3.8) is 0 Å². The van der Waals surface area contributed by atoms with Crippen LogP contribution in [0.2, 0.25) is 0 Å². The molecule has 1 heterocycles. The van der Waals surface area contributed by atoms with E-state index in [0.717, 1.165) is 9.87 Å². The van der Waals surface area contributed by atoms with Crippen LogP contribution in [0.3, 0.4) is 0 Å². The van der Waals surface area contributed by atoms with Crippen molar-refractivity contribution in [1.29, 1.82) is 0 Å². The quantitative estimate of drug-likeness (QED) is 0.713. The van der Waals surface area contributed by atoms with Crippen LogP contribution in [0.1, 0.15) is 11.1 Å². The van der Waals surface area contributed by atoms with Gasteiger partial charge in [-0.15, -0.1) is 0 Å². The number of nitrogens with two attached hydrogens (primary N) is 1. The van der Waals surface area contributed by atoms with E-state index in [4.69, 9.17) is 5.73 Å². The number of para-hydroxylation sites is 1. The van der Waals surface area contributed by atoms with Crippen molar-refractivity contribution in [1.82, 2.24) is 9.03 Å². The van der Waals surface area contributed by atoms with Gasteiger partial charge in [-0.3, -0.25) is 4.79 Å². The fourth-order valence-electron chi connectivity index (χ4n) is 1.70. The summed E-state index contributed by atoms with van der Waals surface area (Å²) in [5.41, 5.74) is 8.00. The minimum absolute atomic E-state index is 0.106. The highest BCUT2D eigenvalue weighted by atomic mass is 32.2. The molecule has 1 aromatic carbocycles. The molecule has 0 radical (unpaired) electrons. The van der Waals surface area contributed by atoms with Gasteiger partial charge >= 0.3 is 10.2 Å². The van der Waals surface area contributed by atoms with Gasteiger partial charge in [0.1, 0.15) is 0 Å². The predicted molar refractivity (Wildman–Crippen MR) is 63.1 cm³/mol. The molecule has 0 unspecified atom stereocenters. The molecule has 0 aromatic heterocycles. The maximum Gasteiger partial charge on any atom is 0.304 e. The fraction of sp³-hybridized carbons (Fsp3) is 0.300. The molecular formula is C10H13N3O3S. The number of nitrogens with zero attached hydrogens (tertiary/aromatic N) is 1. The lowest BCUT2D eigenvalue weighted by atomic mass is 10.1. The Morgan fingerprint density at radius 1 is 1.47 bits per heavy atom. The standard InChI is InChI=1S/C10H13N3O3S/c1-7-3-2-4-8(10(7)11)5-13-6-9(14)12-17(13,15)16/h2-4H,5-6,11H2,1H3,(H,12,14). The summed E-state index contributed by atoms with van der Waals surface area (Å²) in [6.45, 7) is 1.80. The predicted octanol–water partition coefficient (Wildman–Crippen LogP) is -0.246. The highest BCUT2D eigenvalue weighted by Gasteiger charge is 2.33. The van der Waals surface area contributed by atoms with E-state index >= 15 is 0 Å². The van der Waals surface area contributed by atoms with E-state index in [-0.39, 0.29) is 13.1 Å². The van der Waals surface area contributed by atoms with Gasteiger partial charge in [-0.05, 0) is 18.1 Å². The number of amides is 1. The third-order valence-electron chi connectivity index (χ3n) is 2.66. The maximum atomic E-state index is 11.5. The Balaban J connectivity index is 2.28. The average molecular weight is 255 g/mol. The molecule has 6 nitrogen and oxygen atoms in total. The molecular weight excluding hydrogens is 242 g/mol. The molecule has 0 bridgehead atoms. The van der Waals surface area contributed by atoms with Crippen LogP contribution in [0.4, 0.5) is 5.69 Å². The normalized spacial score (nSPS) is 19.2. The molecule has 0 saturated carbocycles. The summed E-state index contributed by atoms with van der Waals surface area (Å²) in [5.74, 6) is -0.517. The van der Waals surface area contributed by atoms with Gasteiger partial charge in [0.15, 0.2) is 0 Å². The van der Waals surface area contributed by atoms with Crippen molar-refractivity contribution in [2.45, 2.75) is 13.5 Å². The Labute approximate surface area is 99.6 Å². The molecule has 17 heavy (non-hydrogen) atoms. The third kappa shape index (κ3) is 2.25. The van der Waals surface area contributed by atoms with Gasteiger partial charge in [0.05, 0.1) is 6.54 Å². The molecule has 0 atom stereocenters. The van der Waals surface area contributed by atoms with Gasteiger partial charge in [-0.25, -0.2) is 4.72 Å². The molecule has 2 rings (SSSR count). The van der Waals surface area contributed by atoms with E-state index in [9.17, 15) is 13.2 Å². The van der Waals surface area contributed by atoms with Crippen molar-refractivity contribution in [3.8, 4) is 0 Å². The van der Waals surface area contributed by atoms with Crippen LogP contribution in [-0.2, 0) is 21.5 Å². The SMILES string of the molecule is Cc1cccc(CN2CC(=O)NS2(=O)=O)c1N. The van der Waals surface area contributed by atoms with Crippen molar-refractivity contribution in [3.05, 3.63) is 29.3 Å². The van der Waals surface area contributed by atoms with Crippen LogP contribution in [0.5, 0.6) is 0 Å². The first kappa shape index (κ1) is 11.9. The lowest BCUT2D eigenvalue weighted by molar-refractivity contribution is -0.118. The first-order valence-electron chi connectivity index (χ1n) is 5.05. The average Bonchev–Trinajstić information content (AvgIpc) is 2.47. The number of aryl methyl sites for hydroxylation is 1. The number of anilines is 1. The number of carbonyl (C=O) groups excluding carboxylic acids is 1. The summed E-state index contributed by atoms with van der Waals surface area (Å²) < 4.78 is 26.0. The zero-order chi connectivity index (χ0) is 12.6. The number of nitrogen functional groups attached to an aromatic ring is 1. The molecule has 0 spiro atoms. The fourth-order valence-corrected chi connectivity index (χ4v) is 2.77. The van der Waals surface area contributed by atoms with Crippen LogP contribution in [0.15, 0.2) is 18.2 Å². The Kier molecular flexibility index (Phi) is 2.80. The summed E-state index contributed by atoms with van der Waals surface area (Å²) in [6.07, 6.45) is 0. The van der Waals surface area contributed by atoms with Gasteiger partial charge in [-0.1, -0.05) is 18.2 Å². The minimum Gasteiger partial charge on any atom is -0.398 e. The monoisotopic (exact) mass is 255 g/mol. The number of rotatable bonds is 2. The molecule has 1 aliphatic heterocycles. The zero-order valence-corrected chi connectivity index (χ0v) is 10.1. The second-order valence-electron chi connectivity index (χ2n) is 3.95. The Bertz CT molecular complexity index is 568. The molecule has 1 aromatic rings. The zero-order valence-electron chi connectivity index (χ0n) is 9.30. The highest BCUT2D eigenvalue weighted by molar-refractivity contribution is 7.88. The van der Waals surface area contributed by atoms with E-state index in [2.05, 4.69) is 0 Å². The Morgan fingerprint density at radius 3 is 2.76 bits per heavy atom. The number of hydrogen-bond donors (Lipinski definition) is 2. The topological polar surface area (TPSA) is 92.5 Å². The van der Waals surface area contributed by atoms with Gasteiger partial charge in [0.25, 0.3) is 0 Å². The highest BCUT2D eigenvalue weighted by Crippen LogP contribution is 2.20. The van der Waals surface area contributed by atoms with Gasteiger partial charge in [0, 0.05) is 12.2 Å². The molecule has 3 N–H and O–H groups in total.